The van der Waals surface area contributed by atoms with Crippen LogP contribution in [-0.4, -0.2) is 44.0 Å². The second kappa shape index (κ2) is 9.87. The van der Waals surface area contributed by atoms with E-state index in [2.05, 4.69) is 12.2 Å². The maximum absolute atomic E-state index is 11.9. The maximum atomic E-state index is 11.9. The van der Waals surface area contributed by atoms with Crippen molar-refractivity contribution in [2.75, 3.05) is 26.4 Å². The van der Waals surface area contributed by atoms with Gasteiger partial charge >= 0.3 is 12.1 Å². The van der Waals surface area contributed by atoms with Crippen molar-refractivity contribution in [2.24, 2.45) is 5.41 Å². The Hall–Kier alpha value is -1.30. The van der Waals surface area contributed by atoms with Gasteiger partial charge < -0.3 is 19.5 Å². The van der Waals surface area contributed by atoms with E-state index < -0.39 is 11.7 Å². The van der Waals surface area contributed by atoms with E-state index in [-0.39, 0.29) is 11.4 Å². The molecule has 0 aliphatic carbocycles. The molecule has 24 heavy (non-hydrogen) atoms. The van der Waals surface area contributed by atoms with Gasteiger partial charge in [-0.2, -0.15) is 0 Å². The van der Waals surface area contributed by atoms with Gasteiger partial charge in [-0.1, -0.05) is 13.3 Å². The SMILES string of the molecule is CCCCOC(=O)CCC1(CNC(=O)OC(C)(C)C)CCOCC1. The van der Waals surface area contributed by atoms with E-state index in [1.54, 1.807) is 0 Å². The Morgan fingerprint density at radius 1 is 1.21 bits per heavy atom. The summed E-state index contributed by atoms with van der Waals surface area (Å²) >= 11 is 0. The average Bonchev–Trinajstić information content (AvgIpc) is 2.51. The van der Waals surface area contributed by atoms with Gasteiger partial charge in [0, 0.05) is 26.2 Å². The van der Waals surface area contributed by atoms with Gasteiger partial charge in [-0.3, -0.25) is 4.79 Å². The van der Waals surface area contributed by atoms with E-state index in [1.807, 2.05) is 20.8 Å². The van der Waals surface area contributed by atoms with Crippen LogP contribution in [0.5, 0.6) is 0 Å². The largest absolute Gasteiger partial charge is 0.466 e. The first-order valence-corrected chi connectivity index (χ1v) is 8.97. The molecule has 0 saturated carbocycles. The second-order valence-corrected chi connectivity index (χ2v) is 7.54. The summed E-state index contributed by atoms with van der Waals surface area (Å²) in [5, 5.41) is 2.86. The molecule has 6 nitrogen and oxygen atoms in total. The van der Waals surface area contributed by atoms with Crippen molar-refractivity contribution >= 4 is 12.1 Å². The molecule has 1 saturated heterocycles. The van der Waals surface area contributed by atoms with E-state index in [1.165, 1.54) is 0 Å². The highest BCUT2D eigenvalue weighted by Gasteiger charge is 2.34. The zero-order valence-corrected chi connectivity index (χ0v) is 15.6. The van der Waals surface area contributed by atoms with E-state index in [0.29, 0.717) is 39.2 Å². The lowest BCUT2D eigenvalue weighted by Gasteiger charge is -2.37. The summed E-state index contributed by atoms with van der Waals surface area (Å²) in [6.07, 6.45) is 4.20. The average molecular weight is 343 g/mol. The Kier molecular flexibility index (Phi) is 8.53. The molecule has 1 rings (SSSR count). The molecular formula is C18H33NO5. The van der Waals surface area contributed by atoms with Gasteiger partial charge in [-0.15, -0.1) is 0 Å². The van der Waals surface area contributed by atoms with Crippen molar-refractivity contribution in [3.05, 3.63) is 0 Å². The molecule has 1 aliphatic rings. The molecule has 1 fully saturated rings. The number of alkyl carbamates (subject to hydrolysis) is 1. The van der Waals surface area contributed by atoms with Crippen molar-refractivity contribution < 1.29 is 23.8 Å². The van der Waals surface area contributed by atoms with Crippen molar-refractivity contribution in [1.29, 1.82) is 0 Å². The summed E-state index contributed by atoms with van der Waals surface area (Å²) in [6, 6.07) is 0. The number of carbonyl (C=O) groups excluding carboxylic acids is 2. The first-order chi connectivity index (χ1) is 11.3. The topological polar surface area (TPSA) is 73.9 Å². The zero-order chi connectivity index (χ0) is 18.1. The Morgan fingerprint density at radius 2 is 1.88 bits per heavy atom. The van der Waals surface area contributed by atoms with Gasteiger partial charge in [0.2, 0.25) is 0 Å². The van der Waals surface area contributed by atoms with Crippen LogP contribution in [0.1, 0.15) is 66.2 Å². The Morgan fingerprint density at radius 3 is 2.46 bits per heavy atom. The lowest BCUT2D eigenvalue weighted by atomic mass is 9.76. The van der Waals surface area contributed by atoms with Crippen LogP contribution in [0.25, 0.3) is 0 Å². The molecule has 1 amide bonds. The standard InChI is InChI=1S/C18H33NO5/c1-5-6-11-23-15(20)7-8-18(9-12-22-13-10-18)14-19-16(21)24-17(2,3)4/h5-14H2,1-4H3,(H,19,21). The zero-order valence-electron chi connectivity index (χ0n) is 15.6. The summed E-state index contributed by atoms with van der Waals surface area (Å²) in [7, 11) is 0. The van der Waals surface area contributed by atoms with E-state index >= 15 is 0 Å². The molecule has 0 aromatic rings. The van der Waals surface area contributed by atoms with Gasteiger partial charge in [0.25, 0.3) is 0 Å². The predicted octanol–water partition coefficient (Wildman–Crippen LogP) is 3.43. The fourth-order valence-electron chi connectivity index (χ4n) is 2.66. The number of ether oxygens (including phenoxy) is 3. The molecule has 0 bridgehead atoms. The normalized spacial score (nSPS) is 17.2. The number of esters is 1. The summed E-state index contributed by atoms with van der Waals surface area (Å²) in [4.78, 5) is 23.8. The molecule has 0 unspecified atom stereocenters. The molecule has 1 heterocycles. The van der Waals surface area contributed by atoms with Crippen LogP contribution < -0.4 is 5.32 Å². The van der Waals surface area contributed by atoms with Crippen LogP contribution in [0.4, 0.5) is 4.79 Å². The van der Waals surface area contributed by atoms with E-state index in [9.17, 15) is 9.59 Å². The third-order valence-electron chi connectivity index (χ3n) is 4.18. The Labute approximate surface area is 145 Å². The molecule has 0 atom stereocenters. The van der Waals surface area contributed by atoms with Gasteiger partial charge in [0.15, 0.2) is 0 Å². The molecule has 0 aromatic heterocycles. The maximum Gasteiger partial charge on any atom is 0.407 e. The molecule has 1 N–H and O–H groups in total. The van der Waals surface area contributed by atoms with Crippen molar-refractivity contribution in [3.8, 4) is 0 Å². The third-order valence-corrected chi connectivity index (χ3v) is 4.18. The van der Waals surface area contributed by atoms with Crippen molar-refractivity contribution in [3.63, 3.8) is 0 Å². The van der Waals surface area contributed by atoms with Crippen molar-refractivity contribution in [1.82, 2.24) is 5.32 Å². The summed E-state index contributed by atoms with van der Waals surface area (Å²) in [6.45, 7) is 9.86. The number of hydrogen-bond donors (Lipinski definition) is 1. The number of amides is 1. The predicted molar refractivity (Wildman–Crippen MR) is 91.8 cm³/mol. The van der Waals surface area contributed by atoms with Crippen LogP contribution in [0, 0.1) is 5.41 Å². The minimum Gasteiger partial charge on any atom is -0.466 e. The molecule has 0 aromatic carbocycles. The lowest BCUT2D eigenvalue weighted by Crippen LogP contribution is -2.43. The number of nitrogens with one attached hydrogen (secondary N) is 1. The molecule has 0 spiro atoms. The van der Waals surface area contributed by atoms with Gasteiger partial charge in [0.05, 0.1) is 6.61 Å². The Bertz CT molecular complexity index is 397. The molecule has 140 valence electrons. The van der Waals surface area contributed by atoms with Crippen LogP contribution in [0.2, 0.25) is 0 Å². The molecule has 1 aliphatic heterocycles. The number of carbonyl (C=O) groups is 2. The molecule has 0 radical (unpaired) electrons. The minimum absolute atomic E-state index is 0.126. The Balaban J connectivity index is 2.47. The van der Waals surface area contributed by atoms with Crippen molar-refractivity contribution in [2.45, 2.75) is 71.8 Å². The first kappa shape index (κ1) is 20.7. The highest BCUT2D eigenvalue weighted by Crippen LogP contribution is 2.35. The third kappa shape index (κ3) is 8.52. The molecular weight excluding hydrogens is 310 g/mol. The highest BCUT2D eigenvalue weighted by atomic mass is 16.6. The van der Waals surface area contributed by atoms with E-state index in [0.717, 1.165) is 25.7 Å². The van der Waals surface area contributed by atoms with Gasteiger partial charge in [-0.25, -0.2) is 4.79 Å². The number of hydrogen-bond acceptors (Lipinski definition) is 5. The quantitative estimate of drug-likeness (QED) is 0.540. The molecule has 6 heteroatoms. The van der Waals surface area contributed by atoms with Crippen LogP contribution in [-0.2, 0) is 19.0 Å². The summed E-state index contributed by atoms with van der Waals surface area (Å²) in [5.74, 6) is -0.161. The van der Waals surface area contributed by atoms with E-state index in [4.69, 9.17) is 14.2 Å². The smallest absolute Gasteiger partial charge is 0.407 e. The summed E-state index contributed by atoms with van der Waals surface area (Å²) < 4.78 is 16.0. The van der Waals surface area contributed by atoms with Gasteiger partial charge in [0.1, 0.15) is 5.60 Å². The van der Waals surface area contributed by atoms with Crippen LogP contribution in [0.3, 0.4) is 0 Å². The monoisotopic (exact) mass is 343 g/mol. The van der Waals surface area contributed by atoms with Crippen LogP contribution in [0.15, 0.2) is 0 Å². The summed E-state index contributed by atoms with van der Waals surface area (Å²) in [5.41, 5.74) is -0.644. The minimum atomic E-state index is -0.518. The fourth-order valence-corrected chi connectivity index (χ4v) is 2.66. The number of unbranched alkanes of at least 4 members (excludes halogenated alkanes) is 1. The lowest BCUT2D eigenvalue weighted by molar-refractivity contribution is -0.144. The van der Waals surface area contributed by atoms with Crippen LogP contribution >= 0.6 is 0 Å². The second-order valence-electron chi connectivity index (χ2n) is 7.54. The van der Waals surface area contributed by atoms with Gasteiger partial charge in [-0.05, 0) is 51.9 Å². The first-order valence-electron chi connectivity index (χ1n) is 8.97. The fraction of sp³-hybridized carbons (Fsp3) is 0.889. The number of rotatable bonds is 8. The highest BCUT2D eigenvalue weighted by molar-refractivity contribution is 5.69.